The molecule has 112 valence electrons. The van der Waals surface area contributed by atoms with Gasteiger partial charge in [-0.25, -0.2) is 0 Å². The lowest BCUT2D eigenvalue weighted by Crippen LogP contribution is -2.32. The molecule has 0 spiro atoms. The second-order valence-corrected chi connectivity index (χ2v) is 6.56. The highest BCUT2D eigenvalue weighted by Gasteiger charge is 2.36. The molecule has 2 atom stereocenters. The van der Waals surface area contributed by atoms with Gasteiger partial charge < -0.3 is 14.6 Å². The zero-order chi connectivity index (χ0) is 13.8. The molecule has 3 rings (SSSR count). The molecule has 1 aliphatic carbocycles. The maximum absolute atomic E-state index is 5.90. The fourth-order valence-corrected chi connectivity index (χ4v) is 3.23. The Morgan fingerprint density at radius 3 is 2.80 bits per heavy atom. The van der Waals surface area contributed by atoms with Crippen molar-refractivity contribution in [2.45, 2.75) is 51.5 Å². The Morgan fingerprint density at radius 1 is 1.25 bits per heavy atom. The van der Waals surface area contributed by atoms with E-state index in [0.29, 0.717) is 5.92 Å². The zero-order valence-corrected chi connectivity index (χ0v) is 12.7. The van der Waals surface area contributed by atoms with Crippen molar-refractivity contribution in [3.05, 3.63) is 23.7 Å². The van der Waals surface area contributed by atoms with Gasteiger partial charge in [-0.15, -0.1) is 0 Å². The number of piperidine rings is 1. The van der Waals surface area contributed by atoms with Gasteiger partial charge in [0.15, 0.2) is 0 Å². The number of hydrogen-bond donors (Lipinski definition) is 1. The Balaban J connectivity index is 1.28. The van der Waals surface area contributed by atoms with E-state index in [0.717, 1.165) is 24.8 Å². The Hall–Kier alpha value is -0.800. The summed E-state index contributed by atoms with van der Waals surface area (Å²) in [6, 6.07) is 4.30. The topological polar surface area (TPSA) is 28.4 Å². The molecule has 3 nitrogen and oxygen atoms in total. The van der Waals surface area contributed by atoms with Gasteiger partial charge in [-0.3, -0.25) is 0 Å². The van der Waals surface area contributed by atoms with Crippen LogP contribution in [0.5, 0.6) is 0 Å². The summed E-state index contributed by atoms with van der Waals surface area (Å²) >= 11 is 0. The van der Waals surface area contributed by atoms with E-state index in [1.54, 1.807) is 0 Å². The van der Waals surface area contributed by atoms with E-state index < -0.39 is 0 Å². The molecule has 0 amide bonds. The van der Waals surface area contributed by atoms with Crippen LogP contribution in [0.1, 0.15) is 56.5 Å². The van der Waals surface area contributed by atoms with E-state index in [-0.39, 0.29) is 0 Å². The minimum Gasteiger partial charge on any atom is -0.464 e. The fraction of sp³-hybridized carbons (Fsp3) is 0.765. The largest absolute Gasteiger partial charge is 0.464 e. The van der Waals surface area contributed by atoms with Gasteiger partial charge in [0.25, 0.3) is 0 Å². The van der Waals surface area contributed by atoms with Crippen molar-refractivity contribution in [2.24, 2.45) is 5.92 Å². The van der Waals surface area contributed by atoms with Gasteiger partial charge in [0, 0.05) is 5.92 Å². The predicted octanol–water partition coefficient (Wildman–Crippen LogP) is 3.37. The molecule has 3 heteroatoms. The number of furan rings is 1. The molecule has 2 fully saturated rings. The van der Waals surface area contributed by atoms with Crippen molar-refractivity contribution in [3.8, 4) is 0 Å². The SMILES string of the molecule is CC1CC1c1ccc(CNCCCN2CCCCC2)o1. The van der Waals surface area contributed by atoms with E-state index >= 15 is 0 Å². The molecule has 2 unspecified atom stereocenters. The number of hydrogen-bond acceptors (Lipinski definition) is 3. The van der Waals surface area contributed by atoms with Gasteiger partial charge in [0.05, 0.1) is 6.54 Å². The van der Waals surface area contributed by atoms with Crippen molar-refractivity contribution in [2.75, 3.05) is 26.2 Å². The second kappa shape index (κ2) is 6.77. The summed E-state index contributed by atoms with van der Waals surface area (Å²) in [5, 5.41) is 3.50. The Kier molecular flexibility index (Phi) is 4.79. The van der Waals surface area contributed by atoms with E-state index in [2.05, 4.69) is 29.3 Å². The number of likely N-dealkylation sites (tertiary alicyclic amines) is 1. The Labute approximate surface area is 122 Å². The molecule has 20 heavy (non-hydrogen) atoms. The van der Waals surface area contributed by atoms with Crippen molar-refractivity contribution < 1.29 is 4.42 Å². The summed E-state index contributed by atoms with van der Waals surface area (Å²) in [6.07, 6.45) is 6.75. The highest BCUT2D eigenvalue weighted by molar-refractivity contribution is 5.17. The third-order valence-electron chi connectivity index (χ3n) is 4.73. The molecule has 2 heterocycles. The summed E-state index contributed by atoms with van der Waals surface area (Å²) in [5.74, 6) is 3.81. The van der Waals surface area contributed by atoms with Gasteiger partial charge in [-0.1, -0.05) is 13.3 Å². The summed E-state index contributed by atoms with van der Waals surface area (Å²) in [4.78, 5) is 2.60. The number of nitrogens with one attached hydrogen (secondary N) is 1. The lowest BCUT2D eigenvalue weighted by molar-refractivity contribution is 0.225. The van der Waals surface area contributed by atoms with E-state index in [9.17, 15) is 0 Å². The van der Waals surface area contributed by atoms with Gasteiger partial charge in [-0.2, -0.15) is 0 Å². The number of nitrogens with zero attached hydrogens (tertiary/aromatic N) is 1. The molecule has 0 aromatic carbocycles. The van der Waals surface area contributed by atoms with Crippen LogP contribution in [0.3, 0.4) is 0 Å². The predicted molar refractivity (Wildman–Crippen MR) is 81.8 cm³/mol. The first-order chi connectivity index (χ1) is 9.83. The molecule has 0 radical (unpaired) electrons. The summed E-state index contributed by atoms with van der Waals surface area (Å²) in [6.45, 7) is 8.12. The molecule has 1 saturated carbocycles. The molecule has 1 saturated heterocycles. The van der Waals surface area contributed by atoms with Crippen LogP contribution in [0.2, 0.25) is 0 Å². The van der Waals surface area contributed by atoms with E-state index in [1.165, 1.54) is 57.5 Å². The van der Waals surface area contributed by atoms with E-state index in [1.807, 2.05) is 0 Å². The van der Waals surface area contributed by atoms with Crippen LogP contribution in [-0.4, -0.2) is 31.1 Å². The summed E-state index contributed by atoms with van der Waals surface area (Å²) in [7, 11) is 0. The highest BCUT2D eigenvalue weighted by atomic mass is 16.3. The smallest absolute Gasteiger partial charge is 0.117 e. The lowest BCUT2D eigenvalue weighted by atomic mass is 10.1. The highest BCUT2D eigenvalue weighted by Crippen LogP contribution is 2.47. The minimum absolute atomic E-state index is 0.697. The molecule has 1 aromatic heterocycles. The average Bonchev–Trinajstić information content (AvgIpc) is 3.01. The van der Waals surface area contributed by atoms with Gasteiger partial charge in [0.2, 0.25) is 0 Å². The van der Waals surface area contributed by atoms with Crippen LogP contribution >= 0.6 is 0 Å². The van der Waals surface area contributed by atoms with Gasteiger partial charge in [0.1, 0.15) is 11.5 Å². The van der Waals surface area contributed by atoms with Crippen LogP contribution in [-0.2, 0) is 6.54 Å². The Morgan fingerprint density at radius 2 is 2.05 bits per heavy atom. The standard InChI is InChI=1S/C17H28N2O/c1-14-12-16(14)17-7-6-15(20-17)13-18-8-5-11-19-9-3-2-4-10-19/h6-7,14,16,18H,2-5,8-13H2,1H3. The molecular weight excluding hydrogens is 248 g/mol. The summed E-state index contributed by atoms with van der Waals surface area (Å²) < 4.78 is 5.90. The van der Waals surface area contributed by atoms with Crippen LogP contribution in [0, 0.1) is 5.92 Å². The number of rotatable bonds is 7. The van der Waals surface area contributed by atoms with E-state index in [4.69, 9.17) is 4.42 Å². The van der Waals surface area contributed by atoms with Crippen LogP contribution in [0.25, 0.3) is 0 Å². The van der Waals surface area contributed by atoms with Crippen molar-refractivity contribution >= 4 is 0 Å². The van der Waals surface area contributed by atoms with Crippen LogP contribution in [0.15, 0.2) is 16.5 Å². The Bertz CT molecular complexity index is 409. The van der Waals surface area contributed by atoms with Crippen molar-refractivity contribution in [3.63, 3.8) is 0 Å². The normalized spacial score (nSPS) is 26.9. The van der Waals surface area contributed by atoms with Crippen LogP contribution < -0.4 is 5.32 Å². The van der Waals surface area contributed by atoms with Gasteiger partial charge >= 0.3 is 0 Å². The minimum atomic E-state index is 0.697. The molecular formula is C17H28N2O. The molecule has 1 aromatic rings. The summed E-state index contributed by atoms with van der Waals surface area (Å²) in [5.41, 5.74) is 0. The first kappa shape index (κ1) is 14.2. The molecule has 0 bridgehead atoms. The van der Waals surface area contributed by atoms with Crippen LogP contribution in [0.4, 0.5) is 0 Å². The lowest BCUT2D eigenvalue weighted by Gasteiger charge is -2.26. The molecule has 1 N–H and O–H groups in total. The molecule has 1 aliphatic heterocycles. The average molecular weight is 276 g/mol. The zero-order valence-electron chi connectivity index (χ0n) is 12.7. The third-order valence-corrected chi connectivity index (χ3v) is 4.73. The van der Waals surface area contributed by atoms with Crippen molar-refractivity contribution in [1.82, 2.24) is 10.2 Å². The monoisotopic (exact) mass is 276 g/mol. The molecule has 2 aliphatic rings. The maximum atomic E-state index is 5.90. The van der Waals surface area contributed by atoms with Gasteiger partial charge in [-0.05, 0) is 69.9 Å². The first-order valence-corrected chi connectivity index (χ1v) is 8.34. The fourth-order valence-electron chi connectivity index (χ4n) is 3.23. The van der Waals surface area contributed by atoms with Crippen molar-refractivity contribution in [1.29, 1.82) is 0 Å². The maximum Gasteiger partial charge on any atom is 0.117 e. The third kappa shape index (κ3) is 3.86. The second-order valence-electron chi connectivity index (χ2n) is 6.56. The first-order valence-electron chi connectivity index (χ1n) is 8.34. The quantitative estimate of drug-likeness (QED) is 0.774.